The van der Waals surface area contributed by atoms with Crippen LogP contribution < -0.4 is 10.2 Å². The summed E-state index contributed by atoms with van der Waals surface area (Å²) < 4.78 is 39.1. The first-order chi connectivity index (χ1) is 13.8. The molecule has 1 saturated heterocycles. The van der Waals surface area contributed by atoms with Gasteiger partial charge in [-0.15, -0.1) is 0 Å². The highest BCUT2D eigenvalue weighted by Crippen LogP contribution is 2.33. The fourth-order valence-corrected chi connectivity index (χ4v) is 4.23. The van der Waals surface area contributed by atoms with Crippen molar-refractivity contribution >= 4 is 11.7 Å². The minimum absolute atomic E-state index is 0.0289. The van der Waals surface area contributed by atoms with Gasteiger partial charge >= 0.3 is 6.18 Å². The van der Waals surface area contributed by atoms with Crippen LogP contribution in [0.1, 0.15) is 47.9 Å². The third-order valence-corrected chi connectivity index (χ3v) is 5.75. The number of nitrogens with one attached hydrogen (secondary N) is 1. The van der Waals surface area contributed by atoms with E-state index in [1.54, 1.807) is 4.90 Å². The number of carbonyl (C=O) groups excluding carboxylic acids is 1. The third-order valence-electron chi connectivity index (χ3n) is 5.75. The van der Waals surface area contributed by atoms with Crippen molar-refractivity contribution in [1.29, 1.82) is 0 Å². The lowest BCUT2D eigenvalue weighted by molar-refractivity contribution is -0.141. The second-order valence-corrected chi connectivity index (χ2v) is 7.72. The Balaban J connectivity index is 1.38. The third kappa shape index (κ3) is 4.21. The summed E-state index contributed by atoms with van der Waals surface area (Å²) in [6.07, 6.45) is -1.45. The number of hydrogen-bond acceptors (Lipinski definition) is 4. The smallest absolute Gasteiger partial charge is 0.356 e. The van der Waals surface area contributed by atoms with E-state index >= 15 is 0 Å². The average Bonchev–Trinajstić information content (AvgIpc) is 3.10. The van der Waals surface area contributed by atoms with Gasteiger partial charge in [-0.05, 0) is 43.7 Å². The number of carbonyl (C=O) groups is 1. The van der Waals surface area contributed by atoms with E-state index in [1.807, 2.05) is 12.1 Å². The Labute approximate surface area is 167 Å². The van der Waals surface area contributed by atoms with Gasteiger partial charge in [0, 0.05) is 25.1 Å². The number of fused-ring (bicyclic) bond motifs is 1. The van der Waals surface area contributed by atoms with Crippen molar-refractivity contribution in [1.82, 2.24) is 15.3 Å². The van der Waals surface area contributed by atoms with Crippen LogP contribution in [0.25, 0.3) is 0 Å². The monoisotopic (exact) mass is 404 g/mol. The van der Waals surface area contributed by atoms with Crippen molar-refractivity contribution in [2.75, 3.05) is 18.0 Å². The van der Waals surface area contributed by atoms with E-state index in [0.717, 1.165) is 18.9 Å². The number of nitrogens with zero attached hydrogens (tertiary/aromatic N) is 3. The molecule has 5 nitrogen and oxygen atoms in total. The molecule has 4 rings (SSSR count). The van der Waals surface area contributed by atoms with E-state index in [0.29, 0.717) is 25.9 Å². The zero-order valence-corrected chi connectivity index (χ0v) is 16.2. The molecular weight excluding hydrogens is 381 g/mol. The molecule has 1 aromatic carbocycles. The van der Waals surface area contributed by atoms with Crippen molar-refractivity contribution in [2.24, 2.45) is 5.92 Å². The molecule has 154 valence electrons. The summed E-state index contributed by atoms with van der Waals surface area (Å²) in [4.78, 5) is 22.2. The van der Waals surface area contributed by atoms with Gasteiger partial charge in [0.1, 0.15) is 17.3 Å². The van der Waals surface area contributed by atoms with Gasteiger partial charge in [-0.25, -0.2) is 9.97 Å². The van der Waals surface area contributed by atoms with Gasteiger partial charge in [0.15, 0.2) is 0 Å². The van der Waals surface area contributed by atoms with Crippen LogP contribution in [0, 0.1) is 12.8 Å². The topological polar surface area (TPSA) is 58.1 Å². The predicted molar refractivity (Wildman–Crippen MR) is 102 cm³/mol. The van der Waals surface area contributed by atoms with Gasteiger partial charge < -0.3 is 10.2 Å². The van der Waals surface area contributed by atoms with Crippen LogP contribution in [0.4, 0.5) is 19.0 Å². The van der Waals surface area contributed by atoms with Crippen LogP contribution >= 0.6 is 0 Å². The molecule has 1 N–H and O–H groups in total. The summed E-state index contributed by atoms with van der Waals surface area (Å²) in [5.74, 6) is 0.258. The lowest BCUT2D eigenvalue weighted by atomic mass is 9.95. The molecule has 1 amide bonds. The second-order valence-electron chi connectivity index (χ2n) is 7.72. The molecule has 1 fully saturated rings. The molecule has 0 radical (unpaired) electrons. The number of alkyl halides is 3. The fourth-order valence-electron chi connectivity index (χ4n) is 4.23. The number of aromatic nitrogens is 2. The van der Waals surface area contributed by atoms with Gasteiger partial charge in [-0.1, -0.05) is 24.3 Å². The lowest BCUT2D eigenvalue weighted by Crippen LogP contribution is -2.41. The summed E-state index contributed by atoms with van der Waals surface area (Å²) in [6.45, 7) is 2.44. The van der Waals surface area contributed by atoms with Crippen LogP contribution in [0.15, 0.2) is 30.3 Å². The lowest BCUT2D eigenvalue weighted by Gasteiger charge is -2.33. The summed E-state index contributed by atoms with van der Waals surface area (Å²) in [5.41, 5.74) is 1.54. The quantitative estimate of drug-likeness (QED) is 0.845. The molecule has 0 saturated carbocycles. The number of anilines is 1. The molecule has 29 heavy (non-hydrogen) atoms. The Kier molecular flexibility index (Phi) is 5.19. The number of aryl methyl sites for hydroxylation is 2. The van der Waals surface area contributed by atoms with E-state index in [-0.39, 0.29) is 29.5 Å². The van der Waals surface area contributed by atoms with Crippen molar-refractivity contribution in [3.8, 4) is 0 Å². The fraction of sp³-hybridized carbons (Fsp3) is 0.476. The Morgan fingerprint density at radius 3 is 2.59 bits per heavy atom. The summed E-state index contributed by atoms with van der Waals surface area (Å²) in [7, 11) is 0. The minimum Gasteiger partial charge on any atom is -0.356 e. The molecule has 1 aromatic heterocycles. The summed E-state index contributed by atoms with van der Waals surface area (Å²) >= 11 is 0. The standard InChI is InChI=1S/C21H23F3N4O/c1-13-25-18(21(22,23)24)12-19(26-13)28-10-8-15(9-11-28)20(29)27-17-7-6-14-4-2-3-5-16(14)17/h2-5,12,15,17H,6-11H2,1H3,(H,27,29)/t17-/m1/s1. The van der Waals surface area contributed by atoms with Crippen LogP contribution in [0.2, 0.25) is 0 Å². The second kappa shape index (κ2) is 7.65. The van der Waals surface area contributed by atoms with Crippen LogP contribution in [-0.4, -0.2) is 29.0 Å². The van der Waals surface area contributed by atoms with E-state index < -0.39 is 11.9 Å². The number of amides is 1. The number of benzene rings is 1. The molecule has 1 aliphatic carbocycles. The maximum atomic E-state index is 13.0. The Bertz CT molecular complexity index is 907. The first-order valence-electron chi connectivity index (χ1n) is 9.87. The summed E-state index contributed by atoms with van der Waals surface area (Å²) in [5, 5.41) is 3.17. The van der Waals surface area contributed by atoms with Crippen LogP contribution in [-0.2, 0) is 17.4 Å². The maximum absolute atomic E-state index is 13.0. The van der Waals surface area contributed by atoms with E-state index in [4.69, 9.17) is 0 Å². The molecule has 8 heteroatoms. The van der Waals surface area contributed by atoms with Gasteiger partial charge in [0.05, 0.1) is 6.04 Å². The molecule has 0 bridgehead atoms. The highest BCUT2D eigenvalue weighted by molar-refractivity contribution is 5.79. The SMILES string of the molecule is Cc1nc(N2CCC(C(=O)N[C@@H]3CCc4ccccc43)CC2)cc(C(F)(F)F)n1. The number of piperidine rings is 1. The van der Waals surface area contributed by atoms with Crippen LogP contribution in [0.3, 0.4) is 0 Å². The van der Waals surface area contributed by atoms with E-state index in [9.17, 15) is 18.0 Å². The number of rotatable bonds is 3. The summed E-state index contributed by atoms with van der Waals surface area (Å²) in [6, 6.07) is 9.20. The maximum Gasteiger partial charge on any atom is 0.433 e. The zero-order valence-electron chi connectivity index (χ0n) is 16.2. The average molecular weight is 404 g/mol. The first-order valence-corrected chi connectivity index (χ1v) is 9.87. The molecule has 2 aliphatic rings. The normalized spacial score (nSPS) is 19.9. The Morgan fingerprint density at radius 2 is 1.86 bits per heavy atom. The van der Waals surface area contributed by atoms with Crippen molar-refractivity contribution in [3.05, 3.63) is 53.0 Å². The van der Waals surface area contributed by atoms with Crippen molar-refractivity contribution < 1.29 is 18.0 Å². The van der Waals surface area contributed by atoms with Gasteiger partial charge in [-0.2, -0.15) is 13.2 Å². The highest BCUT2D eigenvalue weighted by Gasteiger charge is 2.35. The van der Waals surface area contributed by atoms with Crippen molar-refractivity contribution in [3.63, 3.8) is 0 Å². The molecule has 1 aliphatic heterocycles. The largest absolute Gasteiger partial charge is 0.433 e. The molecule has 0 unspecified atom stereocenters. The molecule has 2 aromatic rings. The minimum atomic E-state index is -4.50. The number of halogens is 3. The van der Waals surface area contributed by atoms with Gasteiger partial charge in [0.2, 0.25) is 5.91 Å². The number of hydrogen-bond donors (Lipinski definition) is 1. The first kappa shape index (κ1) is 19.7. The van der Waals surface area contributed by atoms with Crippen molar-refractivity contribution in [2.45, 2.75) is 44.8 Å². The van der Waals surface area contributed by atoms with Crippen LogP contribution in [0.5, 0.6) is 0 Å². The molecular formula is C21H23F3N4O. The Hall–Kier alpha value is -2.64. The highest BCUT2D eigenvalue weighted by atomic mass is 19.4. The van der Waals surface area contributed by atoms with Gasteiger partial charge in [-0.3, -0.25) is 4.79 Å². The zero-order chi connectivity index (χ0) is 20.6. The van der Waals surface area contributed by atoms with E-state index in [2.05, 4.69) is 27.4 Å². The van der Waals surface area contributed by atoms with E-state index in [1.165, 1.54) is 18.1 Å². The molecule has 0 spiro atoms. The predicted octanol–water partition coefficient (Wildman–Crippen LogP) is 3.82. The van der Waals surface area contributed by atoms with Gasteiger partial charge in [0.25, 0.3) is 0 Å². The Morgan fingerprint density at radius 1 is 1.14 bits per heavy atom. The molecule has 1 atom stereocenters. The molecule has 2 heterocycles.